The van der Waals surface area contributed by atoms with Crippen LogP contribution in [0.2, 0.25) is 0 Å². The molecule has 5 heteroatoms. The van der Waals surface area contributed by atoms with E-state index in [1.165, 1.54) is 7.11 Å². The Hall–Kier alpha value is -1.88. The SMILES string of the molecule is CCN(C(=O)CN1CCC(C(=O)OC)C1)c1ccccc1. The lowest BCUT2D eigenvalue weighted by Crippen LogP contribution is -2.40. The van der Waals surface area contributed by atoms with Crippen LogP contribution in [0.3, 0.4) is 0 Å². The second kappa shape index (κ2) is 7.22. The molecule has 0 saturated carbocycles. The maximum absolute atomic E-state index is 12.4. The number of amides is 1. The fourth-order valence-electron chi connectivity index (χ4n) is 2.72. The summed E-state index contributed by atoms with van der Waals surface area (Å²) in [5, 5.41) is 0. The number of anilines is 1. The van der Waals surface area contributed by atoms with Crippen LogP contribution in [0.1, 0.15) is 13.3 Å². The van der Waals surface area contributed by atoms with Gasteiger partial charge < -0.3 is 9.64 Å². The van der Waals surface area contributed by atoms with E-state index in [4.69, 9.17) is 4.74 Å². The first-order valence-electron chi connectivity index (χ1n) is 7.31. The van der Waals surface area contributed by atoms with Gasteiger partial charge in [0, 0.05) is 18.8 Å². The summed E-state index contributed by atoms with van der Waals surface area (Å²) in [5.74, 6) is -0.218. The Morgan fingerprint density at radius 3 is 2.67 bits per heavy atom. The fraction of sp³-hybridized carbons (Fsp3) is 0.500. The predicted octanol–water partition coefficient (Wildman–Crippen LogP) is 1.53. The Kier molecular flexibility index (Phi) is 5.33. The van der Waals surface area contributed by atoms with Crippen LogP contribution in [-0.2, 0) is 14.3 Å². The van der Waals surface area contributed by atoms with E-state index in [0.29, 0.717) is 19.6 Å². The molecule has 1 saturated heterocycles. The van der Waals surface area contributed by atoms with Crippen molar-refractivity contribution in [3.05, 3.63) is 30.3 Å². The highest BCUT2D eigenvalue weighted by Crippen LogP contribution is 2.19. The number of esters is 1. The van der Waals surface area contributed by atoms with Crippen molar-refractivity contribution < 1.29 is 14.3 Å². The highest BCUT2D eigenvalue weighted by Gasteiger charge is 2.30. The van der Waals surface area contributed by atoms with Crippen molar-refractivity contribution in [2.45, 2.75) is 13.3 Å². The van der Waals surface area contributed by atoms with Crippen molar-refractivity contribution in [2.24, 2.45) is 5.92 Å². The Morgan fingerprint density at radius 1 is 1.33 bits per heavy atom. The zero-order valence-electron chi connectivity index (χ0n) is 12.6. The smallest absolute Gasteiger partial charge is 0.310 e. The van der Waals surface area contributed by atoms with Crippen LogP contribution in [0.15, 0.2) is 30.3 Å². The topological polar surface area (TPSA) is 49.9 Å². The maximum atomic E-state index is 12.4. The summed E-state index contributed by atoms with van der Waals surface area (Å²) in [7, 11) is 1.41. The van der Waals surface area contributed by atoms with Gasteiger partial charge in [0.2, 0.25) is 5.91 Å². The molecule has 2 rings (SSSR count). The van der Waals surface area contributed by atoms with Crippen molar-refractivity contribution in [2.75, 3.05) is 38.2 Å². The van der Waals surface area contributed by atoms with Crippen LogP contribution >= 0.6 is 0 Å². The molecule has 1 aliphatic heterocycles. The third-order valence-corrected chi connectivity index (χ3v) is 3.85. The molecule has 1 heterocycles. The van der Waals surface area contributed by atoms with Crippen molar-refractivity contribution in [3.8, 4) is 0 Å². The Labute approximate surface area is 125 Å². The van der Waals surface area contributed by atoms with Crippen LogP contribution < -0.4 is 4.90 Å². The molecule has 0 aromatic heterocycles. The highest BCUT2D eigenvalue weighted by molar-refractivity contribution is 5.94. The van der Waals surface area contributed by atoms with E-state index in [-0.39, 0.29) is 17.8 Å². The second-order valence-electron chi connectivity index (χ2n) is 5.22. The molecule has 1 fully saturated rings. The Balaban J connectivity index is 1.93. The number of rotatable bonds is 5. The van der Waals surface area contributed by atoms with Gasteiger partial charge in [0.15, 0.2) is 0 Å². The molecule has 1 unspecified atom stereocenters. The number of carbonyl (C=O) groups is 2. The molecule has 0 aliphatic carbocycles. The molecule has 1 atom stereocenters. The molecule has 0 N–H and O–H groups in total. The number of benzene rings is 1. The summed E-state index contributed by atoms with van der Waals surface area (Å²) < 4.78 is 4.76. The monoisotopic (exact) mass is 290 g/mol. The van der Waals surface area contributed by atoms with Crippen molar-refractivity contribution in [3.63, 3.8) is 0 Å². The summed E-state index contributed by atoms with van der Waals surface area (Å²) in [6.45, 7) is 4.31. The van der Waals surface area contributed by atoms with Gasteiger partial charge in [0.1, 0.15) is 0 Å². The molecule has 0 radical (unpaired) electrons. The summed E-state index contributed by atoms with van der Waals surface area (Å²) in [5.41, 5.74) is 0.911. The first kappa shape index (κ1) is 15.5. The van der Waals surface area contributed by atoms with Gasteiger partial charge in [-0.15, -0.1) is 0 Å². The third-order valence-electron chi connectivity index (χ3n) is 3.85. The average molecular weight is 290 g/mol. The van der Waals surface area contributed by atoms with Gasteiger partial charge in [-0.25, -0.2) is 0 Å². The van der Waals surface area contributed by atoms with Gasteiger partial charge in [-0.3, -0.25) is 14.5 Å². The van der Waals surface area contributed by atoms with Gasteiger partial charge in [-0.1, -0.05) is 18.2 Å². The molecule has 0 spiro atoms. The molecule has 21 heavy (non-hydrogen) atoms. The highest BCUT2D eigenvalue weighted by atomic mass is 16.5. The minimum Gasteiger partial charge on any atom is -0.469 e. The van der Waals surface area contributed by atoms with Crippen LogP contribution in [0.5, 0.6) is 0 Å². The number of para-hydroxylation sites is 1. The van der Waals surface area contributed by atoms with E-state index in [1.54, 1.807) is 4.90 Å². The van der Waals surface area contributed by atoms with Crippen LogP contribution in [0, 0.1) is 5.92 Å². The number of methoxy groups -OCH3 is 1. The van der Waals surface area contributed by atoms with E-state index in [2.05, 4.69) is 0 Å². The number of hydrogen-bond donors (Lipinski definition) is 0. The standard InChI is InChI=1S/C16H22N2O3/c1-3-18(14-7-5-4-6-8-14)15(19)12-17-10-9-13(11-17)16(20)21-2/h4-8,13H,3,9-12H2,1-2H3. The predicted molar refractivity (Wildman–Crippen MR) is 81.0 cm³/mol. The van der Waals surface area contributed by atoms with E-state index < -0.39 is 0 Å². The summed E-state index contributed by atoms with van der Waals surface area (Å²) in [6, 6.07) is 9.65. The number of carbonyl (C=O) groups excluding carboxylic acids is 2. The first-order valence-corrected chi connectivity index (χ1v) is 7.31. The molecule has 114 valence electrons. The first-order chi connectivity index (χ1) is 10.2. The van der Waals surface area contributed by atoms with Gasteiger partial charge >= 0.3 is 5.97 Å². The van der Waals surface area contributed by atoms with Crippen LogP contribution in [0.4, 0.5) is 5.69 Å². The van der Waals surface area contributed by atoms with E-state index in [0.717, 1.165) is 18.7 Å². The Morgan fingerprint density at radius 2 is 2.05 bits per heavy atom. The van der Waals surface area contributed by atoms with E-state index >= 15 is 0 Å². The molecule has 1 amide bonds. The molecular weight excluding hydrogens is 268 g/mol. The van der Waals surface area contributed by atoms with Crippen LogP contribution in [-0.4, -0.2) is 50.1 Å². The van der Waals surface area contributed by atoms with Crippen LogP contribution in [0.25, 0.3) is 0 Å². The summed E-state index contributed by atoms with van der Waals surface area (Å²) >= 11 is 0. The fourth-order valence-corrected chi connectivity index (χ4v) is 2.72. The molecular formula is C16H22N2O3. The zero-order valence-corrected chi connectivity index (χ0v) is 12.6. The number of likely N-dealkylation sites (N-methyl/N-ethyl adjacent to an activating group) is 1. The quantitative estimate of drug-likeness (QED) is 0.772. The van der Waals surface area contributed by atoms with Crippen molar-refractivity contribution in [1.82, 2.24) is 4.90 Å². The zero-order chi connectivity index (χ0) is 15.2. The molecule has 5 nitrogen and oxygen atoms in total. The second-order valence-corrected chi connectivity index (χ2v) is 5.22. The molecule has 1 aromatic carbocycles. The Bertz CT molecular complexity index is 490. The van der Waals surface area contributed by atoms with Gasteiger partial charge in [-0.2, -0.15) is 0 Å². The minimum atomic E-state index is -0.180. The molecule has 1 aliphatic rings. The molecule has 1 aromatic rings. The number of ether oxygens (including phenoxy) is 1. The molecule has 0 bridgehead atoms. The number of nitrogens with zero attached hydrogens (tertiary/aromatic N) is 2. The van der Waals surface area contributed by atoms with Gasteiger partial charge in [0.05, 0.1) is 19.6 Å². The lowest BCUT2D eigenvalue weighted by molar-refractivity contribution is -0.145. The van der Waals surface area contributed by atoms with Gasteiger partial charge in [0.25, 0.3) is 0 Å². The van der Waals surface area contributed by atoms with Gasteiger partial charge in [-0.05, 0) is 32.0 Å². The lowest BCUT2D eigenvalue weighted by atomic mass is 10.1. The lowest BCUT2D eigenvalue weighted by Gasteiger charge is -2.24. The third kappa shape index (κ3) is 3.82. The maximum Gasteiger partial charge on any atom is 0.310 e. The number of hydrogen-bond acceptors (Lipinski definition) is 4. The number of likely N-dealkylation sites (tertiary alicyclic amines) is 1. The normalized spacial score (nSPS) is 18.5. The van der Waals surface area contributed by atoms with Crippen molar-refractivity contribution in [1.29, 1.82) is 0 Å². The summed E-state index contributed by atoms with van der Waals surface area (Å²) in [6.07, 6.45) is 0.761. The average Bonchev–Trinajstić information content (AvgIpc) is 2.96. The largest absolute Gasteiger partial charge is 0.469 e. The minimum absolute atomic E-state index is 0.0641. The van der Waals surface area contributed by atoms with E-state index in [1.807, 2.05) is 42.2 Å². The summed E-state index contributed by atoms with van der Waals surface area (Å²) in [4.78, 5) is 27.8. The van der Waals surface area contributed by atoms with Crippen molar-refractivity contribution >= 4 is 17.6 Å². The van der Waals surface area contributed by atoms with E-state index in [9.17, 15) is 9.59 Å².